The quantitative estimate of drug-likeness (QED) is 0.248. The van der Waals surface area contributed by atoms with Crippen molar-refractivity contribution < 1.29 is 23.8 Å². The molecule has 0 fully saturated rings. The number of carbonyl (C=O) groups is 2. The Hall–Kier alpha value is -4.59. The molecule has 4 aromatic rings. The molecule has 1 N–H and O–H groups in total. The lowest BCUT2D eigenvalue weighted by Gasteiger charge is -2.25. The van der Waals surface area contributed by atoms with Gasteiger partial charge in [0.25, 0.3) is 5.91 Å². The van der Waals surface area contributed by atoms with Crippen LogP contribution in [0.3, 0.4) is 0 Å². The van der Waals surface area contributed by atoms with Crippen molar-refractivity contribution in [3.8, 4) is 22.8 Å². The van der Waals surface area contributed by atoms with Gasteiger partial charge in [-0.3, -0.25) is 9.48 Å². The molecule has 0 saturated carbocycles. The molecule has 0 spiro atoms. The van der Waals surface area contributed by atoms with Crippen molar-refractivity contribution in [3.63, 3.8) is 0 Å². The summed E-state index contributed by atoms with van der Waals surface area (Å²) < 4.78 is 18.5. The normalized spacial score (nSPS) is 11.1. The first-order chi connectivity index (χ1) is 19.2. The number of nitrogens with zero attached hydrogens (tertiary/aromatic N) is 2. The topological polar surface area (TPSA) is 91.7 Å². The van der Waals surface area contributed by atoms with Crippen molar-refractivity contribution >= 4 is 11.9 Å². The van der Waals surface area contributed by atoms with Gasteiger partial charge < -0.3 is 19.5 Å². The van der Waals surface area contributed by atoms with Gasteiger partial charge in [0, 0.05) is 19.2 Å². The third-order valence-corrected chi connectivity index (χ3v) is 6.34. The van der Waals surface area contributed by atoms with Crippen LogP contribution in [0.5, 0.6) is 11.5 Å². The van der Waals surface area contributed by atoms with E-state index in [4.69, 9.17) is 14.2 Å². The lowest BCUT2D eigenvalue weighted by Crippen LogP contribution is -2.39. The molecule has 0 radical (unpaired) electrons. The highest BCUT2D eigenvalue weighted by atomic mass is 16.6. The SMILES string of the molecule is CCOC(=O)C(C)(C)Oc1ccc(CNC(=O)c2cc(-c3ccc(OCc4ccccc4)cc3)nn2C)cc1C. The van der Waals surface area contributed by atoms with E-state index in [-0.39, 0.29) is 12.5 Å². The van der Waals surface area contributed by atoms with Crippen molar-refractivity contribution in [1.29, 1.82) is 0 Å². The summed E-state index contributed by atoms with van der Waals surface area (Å²) in [4.78, 5) is 25.1. The van der Waals surface area contributed by atoms with E-state index in [2.05, 4.69) is 10.4 Å². The number of aromatic nitrogens is 2. The fourth-order valence-corrected chi connectivity index (χ4v) is 4.11. The van der Waals surface area contributed by atoms with Gasteiger partial charge in [-0.1, -0.05) is 42.5 Å². The van der Waals surface area contributed by atoms with Gasteiger partial charge >= 0.3 is 5.97 Å². The van der Waals surface area contributed by atoms with E-state index < -0.39 is 11.6 Å². The van der Waals surface area contributed by atoms with Crippen LogP contribution in [0.4, 0.5) is 0 Å². The Kier molecular flexibility index (Phi) is 8.89. The highest BCUT2D eigenvalue weighted by molar-refractivity contribution is 5.93. The number of amides is 1. The van der Waals surface area contributed by atoms with Gasteiger partial charge in [-0.15, -0.1) is 0 Å². The van der Waals surface area contributed by atoms with Crippen molar-refractivity contribution in [2.45, 2.75) is 46.4 Å². The van der Waals surface area contributed by atoms with Crippen LogP contribution in [0, 0.1) is 6.92 Å². The highest BCUT2D eigenvalue weighted by Crippen LogP contribution is 2.26. The average molecular weight is 542 g/mol. The van der Waals surface area contributed by atoms with Gasteiger partial charge in [0.2, 0.25) is 0 Å². The molecule has 3 aromatic carbocycles. The first-order valence-corrected chi connectivity index (χ1v) is 13.2. The third kappa shape index (κ3) is 7.08. The Morgan fingerprint density at radius 2 is 1.68 bits per heavy atom. The Balaban J connectivity index is 1.35. The molecule has 40 heavy (non-hydrogen) atoms. The lowest BCUT2D eigenvalue weighted by atomic mass is 10.1. The second-order valence-electron chi connectivity index (χ2n) is 9.95. The number of benzene rings is 3. The summed E-state index contributed by atoms with van der Waals surface area (Å²) >= 11 is 0. The van der Waals surface area contributed by atoms with Crippen LogP contribution in [0.25, 0.3) is 11.3 Å². The van der Waals surface area contributed by atoms with Crippen LogP contribution in [0.15, 0.2) is 78.9 Å². The zero-order valence-electron chi connectivity index (χ0n) is 23.6. The maximum Gasteiger partial charge on any atom is 0.349 e. The summed E-state index contributed by atoms with van der Waals surface area (Å²) in [6.45, 7) is 8.12. The highest BCUT2D eigenvalue weighted by Gasteiger charge is 2.32. The van der Waals surface area contributed by atoms with E-state index in [0.717, 1.165) is 28.0 Å². The van der Waals surface area contributed by atoms with Crippen molar-refractivity contribution in [2.24, 2.45) is 7.05 Å². The minimum absolute atomic E-state index is 0.231. The van der Waals surface area contributed by atoms with Gasteiger partial charge in [0.05, 0.1) is 12.3 Å². The molecule has 1 heterocycles. The zero-order valence-corrected chi connectivity index (χ0v) is 23.6. The summed E-state index contributed by atoms with van der Waals surface area (Å²) in [7, 11) is 1.75. The summed E-state index contributed by atoms with van der Waals surface area (Å²) in [5.41, 5.74) is 3.78. The molecule has 0 aliphatic heterocycles. The Bertz CT molecular complexity index is 1460. The number of nitrogens with one attached hydrogen (secondary N) is 1. The van der Waals surface area contributed by atoms with Crippen molar-refractivity contribution in [1.82, 2.24) is 15.1 Å². The van der Waals surface area contributed by atoms with Gasteiger partial charge in [-0.05, 0) is 80.8 Å². The molecular weight excluding hydrogens is 506 g/mol. The Morgan fingerprint density at radius 3 is 2.35 bits per heavy atom. The molecule has 208 valence electrons. The first kappa shape index (κ1) is 28.4. The number of hydrogen-bond donors (Lipinski definition) is 1. The number of rotatable bonds is 11. The standard InChI is InChI=1S/C32H35N3O5/c1-6-38-31(37)32(3,4)40-29-17-12-24(18-22(29)2)20-33-30(36)28-19-27(34-35(28)5)25-13-15-26(16-14-25)39-21-23-10-8-7-9-11-23/h7-19H,6,20-21H2,1-5H3,(H,33,36). The number of aryl methyl sites for hydroxylation is 2. The number of ether oxygens (including phenoxy) is 3. The summed E-state index contributed by atoms with van der Waals surface area (Å²) in [5, 5.41) is 7.49. The molecule has 0 atom stereocenters. The third-order valence-electron chi connectivity index (χ3n) is 6.34. The first-order valence-electron chi connectivity index (χ1n) is 13.2. The number of carbonyl (C=O) groups excluding carboxylic acids is 2. The summed E-state index contributed by atoms with van der Waals surface area (Å²) in [6, 6.07) is 25.0. The Labute approximate surface area is 234 Å². The molecule has 0 aliphatic carbocycles. The number of esters is 1. The van der Waals surface area contributed by atoms with Crippen molar-refractivity contribution in [2.75, 3.05) is 6.61 Å². The van der Waals surface area contributed by atoms with Gasteiger partial charge in [0.1, 0.15) is 23.8 Å². The molecular formula is C32H35N3O5. The maximum absolute atomic E-state index is 13.0. The van der Waals surface area contributed by atoms with Gasteiger partial charge in [0.15, 0.2) is 5.60 Å². The number of hydrogen-bond acceptors (Lipinski definition) is 6. The largest absolute Gasteiger partial charge is 0.489 e. The molecule has 4 rings (SSSR count). The summed E-state index contributed by atoms with van der Waals surface area (Å²) in [6.07, 6.45) is 0. The smallest absolute Gasteiger partial charge is 0.349 e. The monoisotopic (exact) mass is 541 g/mol. The van der Waals surface area contributed by atoms with Crippen LogP contribution >= 0.6 is 0 Å². The van der Waals surface area contributed by atoms with Crippen LogP contribution < -0.4 is 14.8 Å². The Morgan fingerprint density at radius 1 is 0.950 bits per heavy atom. The lowest BCUT2D eigenvalue weighted by molar-refractivity contribution is -0.158. The summed E-state index contributed by atoms with van der Waals surface area (Å²) in [5.74, 6) is 0.692. The molecule has 0 unspecified atom stereocenters. The van der Waals surface area contributed by atoms with E-state index in [1.54, 1.807) is 44.6 Å². The molecule has 1 amide bonds. The molecule has 0 saturated heterocycles. The van der Waals surface area contributed by atoms with Crippen LogP contribution in [-0.4, -0.2) is 33.9 Å². The molecule has 8 heteroatoms. The predicted molar refractivity (Wildman–Crippen MR) is 153 cm³/mol. The molecule has 8 nitrogen and oxygen atoms in total. The van der Waals surface area contributed by atoms with Crippen LogP contribution in [0.1, 0.15) is 48.0 Å². The zero-order chi connectivity index (χ0) is 28.7. The fourth-order valence-electron chi connectivity index (χ4n) is 4.11. The minimum atomic E-state index is -1.11. The second-order valence-corrected chi connectivity index (χ2v) is 9.95. The van der Waals surface area contributed by atoms with Crippen molar-refractivity contribution in [3.05, 3.63) is 101 Å². The van der Waals surface area contributed by atoms with Crippen LogP contribution in [0.2, 0.25) is 0 Å². The molecule has 0 bridgehead atoms. The maximum atomic E-state index is 13.0. The van der Waals surface area contributed by atoms with E-state index >= 15 is 0 Å². The van der Waals surface area contributed by atoms with E-state index in [1.807, 2.05) is 73.7 Å². The average Bonchev–Trinajstić information content (AvgIpc) is 3.34. The predicted octanol–water partition coefficient (Wildman–Crippen LogP) is 5.63. The van der Waals surface area contributed by atoms with E-state index in [9.17, 15) is 9.59 Å². The molecule has 1 aromatic heterocycles. The van der Waals surface area contributed by atoms with Gasteiger partial charge in [-0.2, -0.15) is 5.10 Å². The van der Waals surface area contributed by atoms with Crippen LogP contribution in [-0.2, 0) is 29.7 Å². The van der Waals surface area contributed by atoms with E-state index in [1.165, 1.54) is 0 Å². The second kappa shape index (κ2) is 12.5. The molecule has 0 aliphatic rings. The minimum Gasteiger partial charge on any atom is -0.489 e. The van der Waals surface area contributed by atoms with E-state index in [0.29, 0.717) is 30.3 Å². The van der Waals surface area contributed by atoms with Gasteiger partial charge in [-0.25, -0.2) is 4.79 Å². The fraction of sp³-hybridized carbons (Fsp3) is 0.281.